The molecule has 1 aliphatic rings. The zero-order valence-corrected chi connectivity index (χ0v) is 4.55. The summed E-state index contributed by atoms with van der Waals surface area (Å²) >= 11 is 0. The zero-order valence-electron chi connectivity index (χ0n) is 4.55. The van der Waals surface area contributed by atoms with E-state index in [4.69, 9.17) is 0 Å². The molecule has 0 aromatic rings. The summed E-state index contributed by atoms with van der Waals surface area (Å²) in [6, 6.07) is 0. The van der Waals surface area contributed by atoms with E-state index in [1.807, 2.05) is 12.4 Å². The Balaban J connectivity index is 2.77. The second-order valence-corrected chi connectivity index (χ2v) is 2.31. The minimum absolute atomic E-state index is 0.111. The van der Waals surface area contributed by atoms with E-state index in [1.54, 1.807) is 0 Å². The third-order valence-electron chi connectivity index (χ3n) is 0.848. The van der Waals surface area contributed by atoms with Gasteiger partial charge in [-0.2, -0.15) is 10.2 Å². The summed E-state index contributed by atoms with van der Waals surface area (Å²) in [5.41, 5.74) is 0.111. The van der Waals surface area contributed by atoms with E-state index in [-0.39, 0.29) is 5.41 Å². The van der Waals surface area contributed by atoms with Crippen molar-refractivity contribution in [2.75, 3.05) is 0 Å². The molecule has 0 N–H and O–H groups in total. The normalized spacial score (nSPS) is 23.7. The monoisotopic (exact) mass is 96.1 g/mol. The van der Waals surface area contributed by atoms with E-state index >= 15 is 0 Å². The van der Waals surface area contributed by atoms with Gasteiger partial charge in [0.15, 0.2) is 0 Å². The summed E-state index contributed by atoms with van der Waals surface area (Å²) < 4.78 is 0. The topological polar surface area (TPSA) is 24.7 Å². The molecule has 2 heteroatoms. The lowest BCUT2D eigenvalue weighted by molar-refractivity contribution is 0.779. The maximum Gasteiger partial charge on any atom is 0.0390 e. The third-order valence-corrected chi connectivity index (χ3v) is 0.848. The Kier molecular flexibility index (Phi) is 0.741. The van der Waals surface area contributed by atoms with Crippen molar-refractivity contribution in [3.05, 3.63) is 0 Å². The molecule has 1 heterocycles. The number of hydrogen-bond acceptors (Lipinski definition) is 2. The van der Waals surface area contributed by atoms with Gasteiger partial charge >= 0.3 is 0 Å². The smallest absolute Gasteiger partial charge is 0.0390 e. The van der Waals surface area contributed by atoms with Crippen molar-refractivity contribution in [2.45, 2.75) is 13.8 Å². The minimum atomic E-state index is 0.111. The Morgan fingerprint density at radius 2 is 1.57 bits per heavy atom. The molecule has 2 nitrogen and oxygen atoms in total. The van der Waals surface area contributed by atoms with Crippen molar-refractivity contribution in [1.29, 1.82) is 0 Å². The fourth-order valence-electron chi connectivity index (χ4n) is 0.398. The van der Waals surface area contributed by atoms with Crippen LogP contribution in [0.25, 0.3) is 0 Å². The largest absolute Gasteiger partial charge is 0.163 e. The van der Waals surface area contributed by atoms with Gasteiger partial charge in [0.05, 0.1) is 0 Å². The van der Waals surface area contributed by atoms with Gasteiger partial charge in [0.2, 0.25) is 0 Å². The van der Waals surface area contributed by atoms with Gasteiger partial charge in [-0.05, 0) is 13.8 Å². The second kappa shape index (κ2) is 1.15. The molecule has 0 saturated carbocycles. The Labute approximate surface area is 43.0 Å². The fourth-order valence-corrected chi connectivity index (χ4v) is 0.398. The summed E-state index contributed by atoms with van der Waals surface area (Å²) in [6.07, 6.45) is 3.65. The van der Waals surface area contributed by atoms with Gasteiger partial charge in [0.1, 0.15) is 0 Å². The van der Waals surface area contributed by atoms with Gasteiger partial charge in [-0.1, -0.05) is 0 Å². The molecule has 38 valence electrons. The summed E-state index contributed by atoms with van der Waals surface area (Å²) in [4.78, 5) is 0. The van der Waals surface area contributed by atoms with Crippen LogP contribution in [0.3, 0.4) is 0 Å². The molecule has 7 heavy (non-hydrogen) atoms. The van der Waals surface area contributed by atoms with E-state index in [0.717, 1.165) is 0 Å². The van der Waals surface area contributed by atoms with Crippen molar-refractivity contribution in [3.8, 4) is 0 Å². The predicted octanol–water partition coefficient (Wildman–Crippen LogP) is 1.08. The molecule has 0 aromatic heterocycles. The van der Waals surface area contributed by atoms with Crippen LogP contribution < -0.4 is 0 Å². The molecule has 0 aromatic carbocycles. The van der Waals surface area contributed by atoms with Crippen molar-refractivity contribution >= 4 is 12.4 Å². The lowest BCUT2D eigenvalue weighted by Crippen LogP contribution is -2.09. The van der Waals surface area contributed by atoms with Crippen molar-refractivity contribution in [2.24, 2.45) is 15.6 Å². The molecule has 0 radical (unpaired) electrons. The Hall–Kier alpha value is -0.660. The van der Waals surface area contributed by atoms with E-state index in [0.29, 0.717) is 0 Å². The SMILES string of the molecule is CC1(C)C=NN=C1. The standard InChI is InChI=1S/C5H8N2/c1-5(2)3-6-7-4-5/h3-4H,1-2H3. The molecule has 0 aliphatic carbocycles. The van der Waals surface area contributed by atoms with E-state index in [2.05, 4.69) is 24.1 Å². The summed E-state index contributed by atoms with van der Waals surface area (Å²) in [7, 11) is 0. The molecule has 0 amide bonds. The highest BCUT2D eigenvalue weighted by molar-refractivity contribution is 5.91. The number of rotatable bonds is 0. The van der Waals surface area contributed by atoms with Gasteiger partial charge in [0, 0.05) is 17.8 Å². The average molecular weight is 96.1 g/mol. The lowest BCUT2D eigenvalue weighted by atomic mass is 9.99. The first kappa shape index (κ1) is 4.50. The van der Waals surface area contributed by atoms with Crippen molar-refractivity contribution in [3.63, 3.8) is 0 Å². The quantitative estimate of drug-likeness (QED) is 0.431. The van der Waals surface area contributed by atoms with Crippen LogP contribution >= 0.6 is 0 Å². The lowest BCUT2D eigenvalue weighted by Gasteiger charge is -2.03. The van der Waals surface area contributed by atoms with E-state index < -0.39 is 0 Å². The van der Waals surface area contributed by atoms with Gasteiger partial charge in [-0.25, -0.2) is 0 Å². The van der Waals surface area contributed by atoms with E-state index in [1.165, 1.54) is 0 Å². The van der Waals surface area contributed by atoms with Crippen LogP contribution in [0, 0.1) is 5.41 Å². The van der Waals surface area contributed by atoms with Gasteiger partial charge in [-0.15, -0.1) is 0 Å². The minimum Gasteiger partial charge on any atom is -0.163 e. The first-order chi connectivity index (χ1) is 3.21. The van der Waals surface area contributed by atoms with Gasteiger partial charge in [0.25, 0.3) is 0 Å². The molecule has 0 unspecified atom stereocenters. The molecule has 0 atom stereocenters. The van der Waals surface area contributed by atoms with Crippen LogP contribution in [0.4, 0.5) is 0 Å². The highest BCUT2D eigenvalue weighted by atomic mass is 15.2. The van der Waals surface area contributed by atoms with Crippen LogP contribution in [-0.4, -0.2) is 12.4 Å². The van der Waals surface area contributed by atoms with Crippen LogP contribution in [0.5, 0.6) is 0 Å². The van der Waals surface area contributed by atoms with Crippen LogP contribution in [-0.2, 0) is 0 Å². The maximum absolute atomic E-state index is 3.68. The molecule has 1 aliphatic heterocycles. The highest BCUT2D eigenvalue weighted by Gasteiger charge is 2.13. The van der Waals surface area contributed by atoms with Crippen LogP contribution in [0.15, 0.2) is 10.2 Å². The van der Waals surface area contributed by atoms with Crippen molar-refractivity contribution < 1.29 is 0 Å². The fraction of sp³-hybridized carbons (Fsp3) is 0.600. The molecular weight excluding hydrogens is 88.1 g/mol. The second-order valence-electron chi connectivity index (χ2n) is 2.31. The number of nitrogens with zero attached hydrogens (tertiary/aromatic N) is 2. The maximum atomic E-state index is 3.68. The third kappa shape index (κ3) is 0.856. The van der Waals surface area contributed by atoms with Crippen molar-refractivity contribution in [1.82, 2.24) is 0 Å². The zero-order chi connectivity index (χ0) is 5.33. The molecular formula is C5H8N2. The van der Waals surface area contributed by atoms with Gasteiger partial charge in [-0.3, -0.25) is 0 Å². The molecule has 0 bridgehead atoms. The Morgan fingerprint density at radius 3 is 1.71 bits per heavy atom. The molecule has 1 rings (SSSR count). The summed E-state index contributed by atoms with van der Waals surface area (Å²) in [5.74, 6) is 0. The molecule has 0 fully saturated rings. The highest BCUT2D eigenvalue weighted by Crippen LogP contribution is 2.11. The van der Waals surface area contributed by atoms with Crippen LogP contribution in [0.1, 0.15) is 13.8 Å². The average Bonchev–Trinajstić information content (AvgIpc) is 1.84. The summed E-state index contributed by atoms with van der Waals surface area (Å²) in [5, 5.41) is 7.36. The predicted molar refractivity (Wildman–Crippen MR) is 30.8 cm³/mol. The first-order valence-electron chi connectivity index (χ1n) is 2.29. The molecule has 0 saturated heterocycles. The Bertz CT molecular complexity index is 108. The Morgan fingerprint density at radius 1 is 1.14 bits per heavy atom. The summed E-state index contributed by atoms with van der Waals surface area (Å²) in [6.45, 7) is 4.12. The van der Waals surface area contributed by atoms with E-state index in [9.17, 15) is 0 Å². The molecule has 0 spiro atoms. The number of hydrogen-bond donors (Lipinski definition) is 0. The van der Waals surface area contributed by atoms with Gasteiger partial charge < -0.3 is 0 Å². The van der Waals surface area contributed by atoms with Crippen LogP contribution in [0.2, 0.25) is 0 Å². The first-order valence-corrected chi connectivity index (χ1v) is 2.29.